The number of anilines is 1. The summed E-state index contributed by atoms with van der Waals surface area (Å²) in [7, 11) is 1.64. The molecule has 0 aromatic heterocycles. The minimum atomic E-state index is -0.585. The molecule has 2 atom stereocenters. The van der Waals surface area contributed by atoms with Gasteiger partial charge < -0.3 is 10.1 Å². The fraction of sp³-hybridized carbons (Fsp3) is 0.241. The summed E-state index contributed by atoms with van der Waals surface area (Å²) >= 11 is 1.30. The maximum atomic E-state index is 12.8. The number of carbonyl (C=O) groups is 2. The number of amides is 2. The van der Waals surface area contributed by atoms with E-state index in [1.165, 1.54) is 11.8 Å². The van der Waals surface area contributed by atoms with Crippen molar-refractivity contribution in [3.8, 4) is 5.75 Å². The van der Waals surface area contributed by atoms with Gasteiger partial charge in [0.05, 0.1) is 18.9 Å². The number of benzene rings is 3. The summed E-state index contributed by atoms with van der Waals surface area (Å²) in [5.74, 6) is 0.256. The molecule has 0 bridgehead atoms. The lowest BCUT2D eigenvalue weighted by Crippen LogP contribution is -2.25. The summed E-state index contributed by atoms with van der Waals surface area (Å²) in [4.78, 5) is 29.9. The van der Waals surface area contributed by atoms with E-state index in [2.05, 4.69) is 22.4 Å². The molecule has 3 aromatic carbocycles. The molecule has 2 amide bonds. The van der Waals surface area contributed by atoms with Gasteiger partial charge in [-0.3, -0.25) is 9.59 Å². The molecule has 0 aliphatic carbocycles. The first-order chi connectivity index (χ1) is 17.9. The Hall–Kier alpha value is -3.91. The number of hydrazone groups is 1. The van der Waals surface area contributed by atoms with E-state index in [0.717, 1.165) is 39.4 Å². The summed E-state index contributed by atoms with van der Waals surface area (Å²) in [6.07, 6.45) is 0.713. The molecule has 8 heteroatoms. The van der Waals surface area contributed by atoms with Crippen molar-refractivity contribution < 1.29 is 14.3 Å². The standard InChI is InChI=1S/C29H28N4O3S/c1-18-9-12-22(15-19(18)2)30-27(34)17-26-28(35)31-29(37-26)33-25(21-7-5-4-6-8-21)16-24(32-33)20-10-13-23(36-3)14-11-20/h4-15,25-26H,16-17H2,1-3H3,(H,30,34)/t25-,26+/m1/s1. The number of amidine groups is 1. The minimum absolute atomic E-state index is 0.0440. The fourth-order valence-electron chi connectivity index (χ4n) is 4.38. The highest BCUT2D eigenvalue weighted by molar-refractivity contribution is 8.15. The summed E-state index contributed by atoms with van der Waals surface area (Å²) in [6, 6.07) is 23.5. The van der Waals surface area contributed by atoms with E-state index in [1.54, 1.807) is 7.11 Å². The number of carbonyl (C=O) groups excluding carboxylic acids is 2. The summed E-state index contributed by atoms with van der Waals surface area (Å²) in [6.45, 7) is 4.03. The second-order valence-electron chi connectivity index (χ2n) is 9.14. The third kappa shape index (κ3) is 5.44. The molecule has 1 N–H and O–H groups in total. The molecule has 3 aromatic rings. The Morgan fingerprint density at radius 2 is 1.81 bits per heavy atom. The molecule has 188 valence electrons. The van der Waals surface area contributed by atoms with Crippen LogP contribution in [0.15, 0.2) is 82.9 Å². The van der Waals surface area contributed by atoms with Gasteiger partial charge in [0, 0.05) is 18.5 Å². The highest BCUT2D eigenvalue weighted by Gasteiger charge is 2.39. The Balaban J connectivity index is 1.33. The number of methoxy groups -OCH3 is 1. The van der Waals surface area contributed by atoms with Crippen molar-refractivity contribution in [2.24, 2.45) is 10.1 Å². The highest BCUT2D eigenvalue weighted by atomic mass is 32.2. The Bertz CT molecular complexity index is 1390. The van der Waals surface area contributed by atoms with Gasteiger partial charge in [-0.1, -0.05) is 48.2 Å². The van der Waals surface area contributed by atoms with Gasteiger partial charge in [-0.25, -0.2) is 5.01 Å². The lowest BCUT2D eigenvalue weighted by Gasteiger charge is -2.23. The van der Waals surface area contributed by atoms with E-state index in [0.29, 0.717) is 11.6 Å². The van der Waals surface area contributed by atoms with Gasteiger partial charge in [-0.15, -0.1) is 0 Å². The van der Waals surface area contributed by atoms with E-state index < -0.39 is 5.25 Å². The van der Waals surface area contributed by atoms with Crippen molar-refractivity contribution in [1.82, 2.24) is 5.01 Å². The molecular formula is C29H28N4O3S. The Morgan fingerprint density at radius 3 is 2.51 bits per heavy atom. The Kier molecular flexibility index (Phi) is 7.10. The van der Waals surface area contributed by atoms with E-state index in [4.69, 9.17) is 9.84 Å². The summed E-state index contributed by atoms with van der Waals surface area (Å²) in [5.41, 5.74) is 5.96. The predicted octanol–water partition coefficient (Wildman–Crippen LogP) is 5.49. The van der Waals surface area contributed by atoms with E-state index >= 15 is 0 Å². The highest BCUT2D eigenvalue weighted by Crippen LogP contribution is 2.38. The average Bonchev–Trinajstić information content (AvgIpc) is 3.51. The van der Waals surface area contributed by atoms with Crippen molar-refractivity contribution in [1.29, 1.82) is 0 Å². The van der Waals surface area contributed by atoms with Crippen LogP contribution in [-0.2, 0) is 9.59 Å². The number of nitrogens with one attached hydrogen (secondary N) is 1. The molecular weight excluding hydrogens is 484 g/mol. The number of rotatable bonds is 6. The van der Waals surface area contributed by atoms with Crippen molar-refractivity contribution in [3.63, 3.8) is 0 Å². The van der Waals surface area contributed by atoms with Crippen molar-refractivity contribution in [2.75, 3.05) is 12.4 Å². The third-order valence-corrected chi connectivity index (χ3v) is 7.75. The predicted molar refractivity (Wildman–Crippen MR) is 148 cm³/mol. The van der Waals surface area contributed by atoms with Crippen LogP contribution in [0.2, 0.25) is 0 Å². The number of thioether (sulfide) groups is 1. The van der Waals surface area contributed by atoms with Crippen LogP contribution in [-0.4, -0.2) is 40.1 Å². The minimum Gasteiger partial charge on any atom is -0.497 e. The molecule has 2 heterocycles. The largest absolute Gasteiger partial charge is 0.497 e. The topological polar surface area (TPSA) is 83.4 Å². The molecule has 0 saturated carbocycles. The molecule has 0 spiro atoms. The normalized spacial score (nSPS) is 19.0. The molecule has 0 fully saturated rings. The average molecular weight is 513 g/mol. The SMILES string of the molecule is COc1ccc(C2=NN(C3=NC(=O)[C@H](CC(=O)Nc4ccc(C)c(C)c4)S3)[C@@H](c3ccccc3)C2)cc1. The second-order valence-corrected chi connectivity index (χ2v) is 10.3. The Labute approximate surface area is 220 Å². The van der Waals surface area contributed by atoms with Gasteiger partial charge in [0.1, 0.15) is 11.0 Å². The van der Waals surface area contributed by atoms with Gasteiger partial charge >= 0.3 is 0 Å². The number of hydrogen-bond donors (Lipinski definition) is 1. The first-order valence-corrected chi connectivity index (χ1v) is 13.0. The van der Waals surface area contributed by atoms with Crippen LogP contribution in [0.25, 0.3) is 0 Å². The van der Waals surface area contributed by atoms with Gasteiger partial charge in [0.25, 0.3) is 5.91 Å². The lowest BCUT2D eigenvalue weighted by atomic mass is 9.98. The third-order valence-electron chi connectivity index (χ3n) is 6.60. The monoisotopic (exact) mass is 512 g/mol. The first kappa shape index (κ1) is 24.8. The van der Waals surface area contributed by atoms with Gasteiger partial charge in [0.15, 0.2) is 5.17 Å². The molecule has 7 nitrogen and oxygen atoms in total. The van der Waals surface area contributed by atoms with Crippen LogP contribution in [0.1, 0.15) is 41.1 Å². The van der Waals surface area contributed by atoms with Crippen LogP contribution < -0.4 is 10.1 Å². The van der Waals surface area contributed by atoms with Gasteiger partial charge in [0.2, 0.25) is 5.91 Å². The first-order valence-electron chi connectivity index (χ1n) is 12.1. The van der Waals surface area contributed by atoms with Crippen LogP contribution in [0.5, 0.6) is 5.75 Å². The van der Waals surface area contributed by atoms with E-state index in [9.17, 15) is 9.59 Å². The maximum absolute atomic E-state index is 12.8. The van der Waals surface area contributed by atoms with Crippen molar-refractivity contribution in [2.45, 2.75) is 38.0 Å². The van der Waals surface area contributed by atoms with Gasteiger partial charge in [-0.05, 0) is 72.5 Å². The van der Waals surface area contributed by atoms with Crippen LogP contribution in [0.3, 0.4) is 0 Å². The van der Waals surface area contributed by atoms with Crippen LogP contribution in [0, 0.1) is 13.8 Å². The number of ether oxygens (including phenoxy) is 1. The zero-order valence-electron chi connectivity index (χ0n) is 21.0. The molecule has 2 aliphatic heterocycles. The molecule has 5 rings (SSSR count). The lowest BCUT2D eigenvalue weighted by molar-refractivity contribution is -0.121. The Morgan fingerprint density at radius 1 is 1.05 bits per heavy atom. The number of nitrogens with zero attached hydrogens (tertiary/aromatic N) is 3. The molecule has 37 heavy (non-hydrogen) atoms. The maximum Gasteiger partial charge on any atom is 0.262 e. The quantitative estimate of drug-likeness (QED) is 0.472. The van der Waals surface area contributed by atoms with Crippen LogP contribution >= 0.6 is 11.8 Å². The zero-order valence-corrected chi connectivity index (χ0v) is 21.8. The van der Waals surface area contributed by atoms with Crippen LogP contribution in [0.4, 0.5) is 5.69 Å². The smallest absolute Gasteiger partial charge is 0.262 e. The zero-order chi connectivity index (χ0) is 25.9. The van der Waals surface area contributed by atoms with Crippen molar-refractivity contribution in [3.05, 3.63) is 95.1 Å². The molecule has 2 aliphatic rings. The van der Waals surface area contributed by atoms with Crippen molar-refractivity contribution >= 4 is 40.1 Å². The fourth-order valence-corrected chi connectivity index (χ4v) is 5.44. The summed E-state index contributed by atoms with van der Waals surface area (Å²) < 4.78 is 5.29. The second kappa shape index (κ2) is 10.6. The molecule has 0 radical (unpaired) electrons. The number of aliphatic imine (C=N–C) groups is 1. The summed E-state index contributed by atoms with van der Waals surface area (Å²) in [5, 5.41) is 9.57. The van der Waals surface area contributed by atoms with Gasteiger partial charge in [-0.2, -0.15) is 10.1 Å². The number of aryl methyl sites for hydroxylation is 2. The molecule has 0 unspecified atom stereocenters. The molecule has 0 saturated heterocycles. The van der Waals surface area contributed by atoms with E-state index in [1.807, 2.05) is 79.5 Å². The number of hydrogen-bond acceptors (Lipinski definition) is 6. The van der Waals surface area contributed by atoms with E-state index in [-0.39, 0.29) is 24.3 Å².